The molecule has 2 rings (SSSR count). The molecule has 0 radical (unpaired) electrons. The van der Waals surface area contributed by atoms with E-state index in [1.807, 2.05) is 0 Å². The fourth-order valence-corrected chi connectivity index (χ4v) is 2.26. The van der Waals surface area contributed by atoms with Gasteiger partial charge in [-0.3, -0.25) is 4.79 Å². The minimum absolute atomic E-state index is 0.319. The standard InChI is InChI=1S/C11H7BrClNO3/c1-17-11(16)5-3-9-6(2-7(5)12)8(13)4-10(15)14-9/h2-4H,1H3,(H,14,15). The van der Waals surface area contributed by atoms with Gasteiger partial charge < -0.3 is 9.72 Å². The number of hydrogen-bond donors (Lipinski definition) is 1. The van der Waals surface area contributed by atoms with E-state index in [9.17, 15) is 9.59 Å². The van der Waals surface area contributed by atoms with Gasteiger partial charge in [-0.25, -0.2) is 4.79 Å². The Morgan fingerprint density at radius 1 is 1.41 bits per heavy atom. The van der Waals surface area contributed by atoms with Crippen LogP contribution < -0.4 is 5.56 Å². The Morgan fingerprint density at radius 3 is 2.76 bits per heavy atom. The average Bonchev–Trinajstić information content (AvgIpc) is 2.28. The molecule has 0 saturated heterocycles. The zero-order valence-electron chi connectivity index (χ0n) is 8.71. The maximum Gasteiger partial charge on any atom is 0.339 e. The van der Waals surface area contributed by atoms with Crippen molar-refractivity contribution in [2.45, 2.75) is 0 Å². The molecule has 6 heteroatoms. The number of carbonyl (C=O) groups is 1. The molecule has 0 aliphatic carbocycles. The van der Waals surface area contributed by atoms with Gasteiger partial charge in [-0.1, -0.05) is 11.6 Å². The van der Waals surface area contributed by atoms with Crippen LogP contribution in [0.15, 0.2) is 27.5 Å². The van der Waals surface area contributed by atoms with E-state index in [1.54, 1.807) is 6.07 Å². The van der Waals surface area contributed by atoms with Gasteiger partial charge in [-0.2, -0.15) is 0 Å². The molecule has 0 saturated carbocycles. The highest BCUT2D eigenvalue weighted by Crippen LogP contribution is 2.27. The van der Waals surface area contributed by atoms with E-state index in [4.69, 9.17) is 11.6 Å². The highest BCUT2D eigenvalue weighted by Gasteiger charge is 2.13. The smallest absolute Gasteiger partial charge is 0.339 e. The number of pyridine rings is 1. The van der Waals surface area contributed by atoms with Crippen molar-refractivity contribution in [3.05, 3.63) is 43.6 Å². The van der Waals surface area contributed by atoms with E-state index < -0.39 is 5.97 Å². The van der Waals surface area contributed by atoms with Crippen LogP contribution in [0.5, 0.6) is 0 Å². The first-order valence-corrected chi connectivity index (χ1v) is 5.80. The molecule has 4 nitrogen and oxygen atoms in total. The van der Waals surface area contributed by atoms with Crippen LogP contribution in [0, 0.1) is 0 Å². The van der Waals surface area contributed by atoms with E-state index in [0.717, 1.165) is 0 Å². The first-order valence-electron chi connectivity index (χ1n) is 4.63. The largest absolute Gasteiger partial charge is 0.465 e. The summed E-state index contributed by atoms with van der Waals surface area (Å²) in [4.78, 5) is 25.4. The van der Waals surface area contributed by atoms with E-state index in [2.05, 4.69) is 25.7 Å². The predicted octanol–water partition coefficient (Wildman–Crippen LogP) is 2.73. The lowest BCUT2D eigenvalue weighted by Gasteiger charge is -2.06. The van der Waals surface area contributed by atoms with Gasteiger partial charge >= 0.3 is 5.97 Å². The molecule has 1 heterocycles. The van der Waals surface area contributed by atoms with E-state index in [0.29, 0.717) is 26.0 Å². The molecule has 1 N–H and O–H groups in total. The molecule has 0 aliphatic rings. The SMILES string of the molecule is COC(=O)c1cc2[nH]c(=O)cc(Cl)c2cc1Br. The van der Waals surface area contributed by atoms with Crippen LogP contribution in [-0.2, 0) is 4.74 Å². The number of aromatic nitrogens is 1. The highest BCUT2D eigenvalue weighted by atomic mass is 79.9. The second kappa shape index (κ2) is 4.50. The predicted molar refractivity (Wildman–Crippen MR) is 68.6 cm³/mol. The fourth-order valence-electron chi connectivity index (χ4n) is 1.50. The van der Waals surface area contributed by atoms with Gasteiger partial charge in [0.2, 0.25) is 5.56 Å². The summed E-state index contributed by atoms with van der Waals surface area (Å²) in [6.45, 7) is 0. The molecular formula is C11H7BrClNO3. The highest BCUT2D eigenvalue weighted by molar-refractivity contribution is 9.10. The third-order valence-electron chi connectivity index (χ3n) is 2.29. The van der Waals surface area contributed by atoms with Crippen molar-refractivity contribution in [3.8, 4) is 0 Å². The number of fused-ring (bicyclic) bond motifs is 1. The number of rotatable bonds is 1. The van der Waals surface area contributed by atoms with E-state index in [1.165, 1.54) is 19.2 Å². The second-order valence-corrected chi connectivity index (χ2v) is 4.61. The minimum Gasteiger partial charge on any atom is -0.465 e. The lowest BCUT2D eigenvalue weighted by atomic mass is 10.1. The molecule has 2 aromatic rings. The number of hydrogen-bond acceptors (Lipinski definition) is 3. The van der Waals surface area contributed by atoms with Crippen molar-refractivity contribution in [2.75, 3.05) is 7.11 Å². The number of carbonyl (C=O) groups excluding carboxylic acids is 1. The molecular weight excluding hydrogens is 309 g/mol. The van der Waals surface area contributed by atoms with Gasteiger partial charge in [0.05, 0.1) is 23.2 Å². The third kappa shape index (κ3) is 2.21. The van der Waals surface area contributed by atoms with Gasteiger partial charge in [-0.05, 0) is 28.1 Å². The molecule has 0 aliphatic heterocycles. The number of H-pyrrole nitrogens is 1. The first kappa shape index (κ1) is 12.1. The summed E-state index contributed by atoms with van der Waals surface area (Å²) in [6, 6.07) is 4.48. The number of halogens is 2. The van der Waals surface area contributed by atoms with Crippen molar-refractivity contribution < 1.29 is 9.53 Å². The van der Waals surface area contributed by atoms with Crippen LogP contribution in [-0.4, -0.2) is 18.1 Å². The Morgan fingerprint density at radius 2 is 2.12 bits per heavy atom. The van der Waals surface area contributed by atoms with Gasteiger partial charge in [0.15, 0.2) is 0 Å². The van der Waals surface area contributed by atoms with Crippen molar-refractivity contribution >= 4 is 44.4 Å². The molecule has 1 aromatic carbocycles. The molecule has 0 atom stereocenters. The van der Waals surface area contributed by atoms with Crippen molar-refractivity contribution in [3.63, 3.8) is 0 Å². The summed E-state index contributed by atoms with van der Waals surface area (Å²) in [5.41, 5.74) is 0.504. The lowest BCUT2D eigenvalue weighted by Crippen LogP contribution is -2.06. The topological polar surface area (TPSA) is 59.2 Å². The number of methoxy groups -OCH3 is 1. The summed E-state index contributed by atoms with van der Waals surface area (Å²) in [5.74, 6) is -0.486. The Bertz CT molecular complexity index is 666. The fraction of sp³-hybridized carbons (Fsp3) is 0.0909. The monoisotopic (exact) mass is 315 g/mol. The van der Waals surface area contributed by atoms with E-state index in [-0.39, 0.29) is 5.56 Å². The molecule has 0 bridgehead atoms. The summed E-state index contributed by atoms with van der Waals surface area (Å²) in [5, 5.41) is 0.992. The van der Waals surface area contributed by atoms with Crippen LogP contribution in [0.1, 0.15) is 10.4 Å². The molecule has 88 valence electrons. The first-order chi connectivity index (χ1) is 8.02. The van der Waals surface area contributed by atoms with Crippen LogP contribution in [0.4, 0.5) is 0 Å². The van der Waals surface area contributed by atoms with Crippen molar-refractivity contribution in [1.29, 1.82) is 0 Å². The normalized spacial score (nSPS) is 10.5. The van der Waals surface area contributed by atoms with Crippen LogP contribution in [0.25, 0.3) is 10.9 Å². The molecule has 0 amide bonds. The maximum absolute atomic E-state index is 11.5. The number of ether oxygens (including phenoxy) is 1. The average molecular weight is 317 g/mol. The van der Waals surface area contributed by atoms with Gasteiger partial charge in [0.1, 0.15) is 0 Å². The van der Waals surface area contributed by atoms with Gasteiger partial charge in [-0.15, -0.1) is 0 Å². The Balaban J connectivity index is 2.80. The third-order valence-corrected chi connectivity index (χ3v) is 3.25. The van der Waals surface area contributed by atoms with Crippen LogP contribution in [0.2, 0.25) is 5.02 Å². The van der Waals surface area contributed by atoms with Crippen molar-refractivity contribution in [2.24, 2.45) is 0 Å². The number of aromatic amines is 1. The number of nitrogens with one attached hydrogen (secondary N) is 1. The minimum atomic E-state index is -0.486. The van der Waals surface area contributed by atoms with E-state index >= 15 is 0 Å². The molecule has 0 fully saturated rings. The van der Waals surface area contributed by atoms with Gasteiger partial charge in [0.25, 0.3) is 0 Å². The second-order valence-electron chi connectivity index (χ2n) is 3.35. The zero-order valence-corrected chi connectivity index (χ0v) is 11.1. The molecule has 17 heavy (non-hydrogen) atoms. The summed E-state index contributed by atoms with van der Waals surface area (Å²) in [6.07, 6.45) is 0. The zero-order chi connectivity index (χ0) is 12.6. The molecule has 1 aromatic heterocycles. The van der Waals surface area contributed by atoms with Crippen molar-refractivity contribution in [1.82, 2.24) is 4.98 Å². The maximum atomic E-state index is 11.5. The Labute approximate surface area is 110 Å². The Hall–Kier alpha value is -1.33. The Kier molecular flexibility index (Phi) is 3.22. The van der Waals surface area contributed by atoms with Gasteiger partial charge in [0, 0.05) is 15.9 Å². The number of benzene rings is 1. The summed E-state index contributed by atoms with van der Waals surface area (Å²) in [7, 11) is 1.29. The lowest BCUT2D eigenvalue weighted by molar-refractivity contribution is 0.0600. The number of esters is 1. The summed E-state index contributed by atoms with van der Waals surface area (Å²) >= 11 is 9.20. The summed E-state index contributed by atoms with van der Waals surface area (Å²) < 4.78 is 5.19. The molecule has 0 spiro atoms. The quantitative estimate of drug-likeness (QED) is 0.823. The molecule has 0 unspecified atom stereocenters. The van der Waals surface area contributed by atoms with Crippen LogP contribution >= 0.6 is 27.5 Å². The van der Waals surface area contributed by atoms with Crippen LogP contribution in [0.3, 0.4) is 0 Å².